The lowest BCUT2D eigenvalue weighted by Crippen LogP contribution is -2.45. The molecule has 0 radical (unpaired) electrons. The number of nitrogens with one attached hydrogen (secondary N) is 1. The summed E-state index contributed by atoms with van der Waals surface area (Å²) in [5, 5.41) is 2.31. The van der Waals surface area contributed by atoms with Gasteiger partial charge >= 0.3 is 0 Å². The van der Waals surface area contributed by atoms with Gasteiger partial charge in [0.1, 0.15) is 6.04 Å². The van der Waals surface area contributed by atoms with Gasteiger partial charge in [-0.3, -0.25) is 9.59 Å². The van der Waals surface area contributed by atoms with Crippen molar-refractivity contribution in [1.29, 1.82) is 0 Å². The van der Waals surface area contributed by atoms with Crippen molar-refractivity contribution in [2.45, 2.75) is 6.04 Å². The van der Waals surface area contributed by atoms with Crippen molar-refractivity contribution < 1.29 is 9.59 Å². The van der Waals surface area contributed by atoms with E-state index >= 15 is 0 Å². The molecule has 0 saturated heterocycles. The molecule has 1 atom stereocenters. The molecule has 2 amide bonds. The second kappa shape index (κ2) is 4.79. The quantitative estimate of drug-likeness (QED) is 0.380. The summed E-state index contributed by atoms with van der Waals surface area (Å²) in [6.45, 7) is 3.22. The number of nitrogens with two attached hydrogens (primary N) is 1. The van der Waals surface area contributed by atoms with Crippen molar-refractivity contribution in [3.8, 4) is 0 Å². The number of carbonyl (C=O) groups excluding carboxylic acids is 2. The SMILES string of the molecule is C=CC(=O)NC(CS)C(N)=O. The third kappa shape index (κ3) is 3.67. The molecule has 0 aliphatic heterocycles. The monoisotopic (exact) mass is 174 g/mol. The van der Waals surface area contributed by atoms with Gasteiger partial charge in [-0.15, -0.1) is 0 Å². The number of hydrogen-bond donors (Lipinski definition) is 3. The molecule has 0 saturated carbocycles. The number of thiol groups is 1. The van der Waals surface area contributed by atoms with Crippen LogP contribution in [0.2, 0.25) is 0 Å². The average molecular weight is 174 g/mol. The average Bonchev–Trinajstić information content (AvgIpc) is 1.99. The summed E-state index contributed by atoms with van der Waals surface area (Å²) >= 11 is 3.82. The molecule has 0 rings (SSSR count). The molecule has 3 N–H and O–H groups in total. The molecule has 62 valence electrons. The minimum absolute atomic E-state index is 0.189. The Morgan fingerprint density at radius 1 is 1.73 bits per heavy atom. The highest BCUT2D eigenvalue weighted by Crippen LogP contribution is 1.86. The molecule has 0 fully saturated rings. The predicted octanol–water partition coefficient (Wildman–Crippen LogP) is -0.928. The van der Waals surface area contributed by atoms with E-state index in [4.69, 9.17) is 5.73 Å². The van der Waals surface area contributed by atoms with Crippen molar-refractivity contribution >= 4 is 24.4 Å². The summed E-state index contributed by atoms with van der Waals surface area (Å²) in [6, 6.07) is -0.719. The van der Waals surface area contributed by atoms with Crippen LogP contribution < -0.4 is 11.1 Å². The highest BCUT2D eigenvalue weighted by Gasteiger charge is 2.13. The first-order valence-corrected chi connectivity index (χ1v) is 3.58. The van der Waals surface area contributed by atoms with Crippen molar-refractivity contribution in [3.05, 3.63) is 12.7 Å². The standard InChI is InChI=1S/C6H10N2O2S/c1-2-5(9)8-4(3-11)6(7)10/h2,4,11H,1,3H2,(H2,7,10)(H,8,9). The fourth-order valence-corrected chi connectivity index (χ4v) is 0.709. The van der Waals surface area contributed by atoms with E-state index in [-0.39, 0.29) is 5.75 Å². The van der Waals surface area contributed by atoms with Crippen LogP contribution in [-0.2, 0) is 9.59 Å². The number of carbonyl (C=O) groups is 2. The van der Waals surface area contributed by atoms with Gasteiger partial charge in [-0.1, -0.05) is 6.58 Å². The topological polar surface area (TPSA) is 72.2 Å². The molecule has 0 aliphatic rings. The molecule has 0 bridgehead atoms. The lowest BCUT2D eigenvalue weighted by atomic mass is 10.3. The largest absolute Gasteiger partial charge is 0.368 e. The molecule has 11 heavy (non-hydrogen) atoms. The first kappa shape index (κ1) is 10.0. The summed E-state index contributed by atoms with van der Waals surface area (Å²) in [5.74, 6) is -0.840. The normalized spacial score (nSPS) is 11.7. The van der Waals surface area contributed by atoms with E-state index in [9.17, 15) is 9.59 Å². The molecule has 0 aromatic carbocycles. The van der Waals surface area contributed by atoms with Crippen LogP contribution >= 0.6 is 12.6 Å². The van der Waals surface area contributed by atoms with E-state index in [2.05, 4.69) is 24.5 Å². The van der Waals surface area contributed by atoms with E-state index in [1.54, 1.807) is 0 Å². The lowest BCUT2D eigenvalue weighted by Gasteiger charge is -2.09. The Kier molecular flexibility index (Phi) is 4.36. The lowest BCUT2D eigenvalue weighted by molar-refractivity contribution is -0.124. The van der Waals surface area contributed by atoms with Gasteiger partial charge in [0.2, 0.25) is 11.8 Å². The second-order valence-corrected chi connectivity index (χ2v) is 2.22. The van der Waals surface area contributed by atoms with Crippen LogP contribution in [0.25, 0.3) is 0 Å². The van der Waals surface area contributed by atoms with Gasteiger partial charge in [0, 0.05) is 5.75 Å². The van der Waals surface area contributed by atoms with E-state index in [0.29, 0.717) is 0 Å². The van der Waals surface area contributed by atoms with Crippen LogP contribution in [0.5, 0.6) is 0 Å². The summed E-state index contributed by atoms with van der Waals surface area (Å²) < 4.78 is 0. The third-order valence-corrected chi connectivity index (χ3v) is 1.39. The number of rotatable bonds is 4. The van der Waals surface area contributed by atoms with Crippen molar-refractivity contribution in [2.24, 2.45) is 5.73 Å². The first-order chi connectivity index (χ1) is 5.11. The zero-order chi connectivity index (χ0) is 8.85. The Balaban J connectivity index is 3.97. The van der Waals surface area contributed by atoms with Crippen molar-refractivity contribution in [2.75, 3.05) is 5.75 Å². The summed E-state index contributed by atoms with van der Waals surface area (Å²) in [7, 11) is 0. The van der Waals surface area contributed by atoms with Gasteiger partial charge in [0.25, 0.3) is 0 Å². The molecule has 0 aromatic heterocycles. The van der Waals surface area contributed by atoms with Crippen molar-refractivity contribution in [3.63, 3.8) is 0 Å². The molecule has 4 nitrogen and oxygen atoms in total. The summed E-state index contributed by atoms with van der Waals surface area (Å²) in [5.41, 5.74) is 4.91. The van der Waals surface area contributed by atoms with Gasteiger partial charge in [0.05, 0.1) is 0 Å². The number of primary amides is 1. The molecule has 5 heteroatoms. The smallest absolute Gasteiger partial charge is 0.244 e. The molecule has 0 heterocycles. The molecular weight excluding hydrogens is 164 g/mol. The highest BCUT2D eigenvalue weighted by atomic mass is 32.1. The predicted molar refractivity (Wildman–Crippen MR) is 45.2 cm³/mol. The summed E-state index contributed by atoms with van der Waals surface area (Å²) in [4.78, 5) is 21.1. The maximum atomic E-state index is 10.6. The maximum absolute atomic E-state index is 10.6. The van der Waals surface area contributed by atoms with Gasteiger partial charge in [0.15, 0.2) is 0 Å². The molecular formula is C6H10N2O2S. The molecule has 0 spiro atoms. The number of amides is 2. The molecule has 1 unspecified atom stereocenters. The third-order valence-electron chi connectivity index (χ3n) is 1.03. The minimum Gasteiger partial charge on any atom is -0.368 e. The fraction of sp³-hybridized carbons (Fsp3) is 0.333. The Labute approximate surface area is 70.2 Å². The highest BCUT2D eigenvalue weighted by molar-refractivity contribution is 7.80. The van der Waals surface area contributed by atoms with Crippen LogP contribution in [0.15, 0.2) is 12.7 Å². The Bertz CT molecular complexity index is 181. The summed E-state index contributed by atoms with van der Waals surface area (Å²) in [6.07, 6.45) is 1.07. The molecule has 0 aliphatic carbocycles. The van der Waals surface area contributed by atoms with Crippen LogP contribution in [-0.4, -0.2) is 23.6 Å². The van der Waals surface area contributed by atoms with Gasteiger partial charge < -0.3 is 11.1 Å². The van der Waals surface area contributed by atoms with Crippen LogP contribution in [0.4, 0.5) is 0 Å². The second-order valence-electron chi connectivity index (χ2n) is 1.85. The Morgan fingerprint density at radius 3 is 2.55 bits per heavy atom. The first-order valence-electron chi connectivity index (χ1n) is 2.95. The van der Waals surface area contributed by atoms with Gasteiger partial charge in [-0.05, 0) is 6.08 Å². The van der Waals surface area contributed by atoms with E-state index in [1.807, 2.05) is 0 Å². The van der Waals surface area contributed by atoms with E-state index < -0.39 is 17.9 Å². The minimum atomic E-state index is -0.719. The van der Waals surface area contributed by atoms with Crippen LogP contribution in [0.1, 0.15) is 0 Å². The van der Waals surface area contributed by atoms with E-state index in [1.165, 1.54) is 0 Å². The van der Waals surface area contributed by atoms with Gasteiger partial charge in [-0.2, -0.15) is 12.6 Å². The van der Waals surface area contributed by atoms with E-state index in [0.717, 1.165) is 6.08 Å². The maximum Gasteiger partial charge on any atom is 0.244 e. The number of hydrogen-bond acceptors (Lipinski definition) is 3. The van der Waals surface area contributed by atoms with Crippen LogP contribution in [0, 0.1) is 0 Å². The molecule has 0 aromatic rings. The zero-order valence-electron chi connectivity index (χ0n) is 5.91. The van der Waals surface area contributed by atoms with Crippen molar-refractivity contribution in [1.82, 2.24) is 5.32 Å². The van der Waals surface area contributed by atoms with Gasteiger partial charge in [-0.25, -0.2) is 0 Å². The fourth-order valence-electron chi connectivity index (χ4n) is 0.437. The Morgan fingerprint density at radius 2 is 2.27 bits per heavy atom. The Hall–Kier alpha value is -0.970. The zero-order valence-corrected chi connectivity index (χ0v) is 6.80. The van der Waals surface area contributed by atoms with Crippen LogP contribution in [0.3, 0.4) is 0 Å².